The first-order valence-corrected chi connectivity index (χ1v) is 9.24. The van der Waals surface area contributed by atoms with Crippen molar-refractivity contribution in [3.8, 4) is 16.9 Å². The fourth-order valence-electron chi connectivity index (χ4n) is 3.42. The fourth-order valence-corrected chi connectivity index (χ4v) is 3.42. The van der Waals surface area contributed by atoms with E-state index >= 15 is 0 Å². The minimum atomic E-state index is 0.750. The van der Waals surface area contributed by atoms with Gasteiger partial charge in [0.25, 0.3) is 0 Å². The van der Waals surface area contributed by atoms with Crippen LogP contribution in [0.1, 0.15) is 11.1 Å². The van der Waals surface area contributed by atoms with Gasteiger partial charge in [0.2, 0.25) is 0 Å². The quantitative estimate of drug-likeness (QED) is 0.466. The van der Waals surface area contributed by atoms with Crippen molar-refractivity contribution in [3.05, 3.63) is 96.6 Å². The lowest BCUT2D eigenvalue weighted by atomic mass is 10.1. The molecule has 0 aliphatic rings. The number of nitrogens with zero attached hydrogens (tertiary/aromatic N) is 5. The molecular weight excluding hydrogens is 346 g/mol. The third kappa shape index (κ3) is 3.07. The number of fused-ring (bicyclic) bond motifs is 1. The van der Waals surface area contributed by atoms with E-state index in [2.05, 4.69) is 41.4 Å². The highest BCUT2D eigenvalue weighted by Crippen LogP contribution is 2.22. The monoisotopic (exact) mass is 365 g/mol. The highest BCUT2D eigenvalue weighted by Gasteiger charge is 2.09. The van der Waals surface area contributed by atoms with Crippen LogP contribution in [-0.4, -0.2) is 24.5 Å². The minimum Gasteiger partial charge on any atom is -0.268 e. The van der Waals surface area contributed by atoms with Gasteiger partial charge in [-0.05, 0) is 30.2 Å². The smallest absolute Gasteiger partial charge is 0.154 e. The number of aromatic nitrogens is 5. The largest absolute Gasteiger partial charge is 0.268 e. The second-order valence-corrected chi connectivity index (χ2v) is 6.90. The normalized spacial score (nSPS) is 11.2. The summed E-state index contributed by atoms with van der Waals surface area (Å²) in [7, 11) is 0. The van der Waals surface area contributed by atoms with Crippen LogP contribution >= 0.6 is 0 Å². The van der Waals surface area contributed by atoms with Crippen LogP contribution in [0.4, 0.5) is 0 Å². The van der Waals surface area contributed by atoms with E-state index in [4.69, 9.17) is 4.98 Å². The van der Waals surface area contributed by atoms with Crippen molar-refractivity contribution in [2.24, 2.45) is 0 Å². The predicted molar refractivity (Wildman–Crippen MR) is 110 cm³/mol. The number of benzene rings is 2. The highest BCUT2D eigenvalue weighted by atomic mass is 15.3. The lowest BCUT2D eigenvalue weighted by molar-refractivity contribution is 0.687. The van der Waals surface area contributed by atoms with E-state index in [-0.39, 0.29) is 0 Å². The van der Waals surface area contributed by atoms with Crippen molar-refractivity contribution in [2.45, 2.75) is 13.5 Å². The van der Waals surface area contributed by atoms with Crippen molar-refractivity contribution in [3.63, 3.8) is 0 Å². The van der Waals surface area contributed by atoms with Gasteiger partial charge in [-0.15, -0.1) is 0 Å². The molecule has 0 N–H and O–H groups in total. The number of para-hydroxylation sites is 1. The molecule has 0 fully saturated rings. The number of rotatable bonds is 4. The van der Waals surface area contributed by atoms with Gasteiger partial charge in [0.1, 0.15) is 0 Å². The van der Waals surface area contributed by atoms with Crippen molar-refractivity contribution in [1.29, 1.82) is 0 Å². The third-order valence-electron chi connectivity index (χ3n) is 4.88. The van der Waals surface area contributed by atoms with Crippen molar-refractivity contribution in [1.82, 2.24) is 24.5 Å². The lowest BCUT2D eigenvalue weighted by Crippen LogP contribution is -1.99. The molecule has 0 aliphatic heterocycles. The molecule has 0 radical (unpaired) electrons. The SMILES string of the molecule is Cc1cc(-n2cc(-c3cnn(Cc4ccccc4)c3)cn2)nc2ccccc12. The van der Waals surface area contributed by atoms with Crippen LogP contribution in [0.25, 0.3) is 27.8 Å². The summed E-state index contributed by atoms with van der Waals surface area (Å²) in [5.74, 6) is 0.819. The van der Waals surface area contributed by atoms with Gasteiger partial charge in [-0.3, -0.25) is 4.68 Å². The second kappa shape index (κ2) is 6.78. The van der Waals surface area contributed by atoms with E-state index in [9.17, 15) is 0 Å². The summed E-state index contributed by atoms with van der Waals surface area (Å²) in [6.07, 6.45) is 7.78. The predicted octanol–water partition coefficient (Wildman–Crippen LogP) is 4.64. The molecule has 3 aromatic heterocycles. The van der Waals surface area contributed by atoms with Gasteiger partial charge in [-0.25, -0.2) is 9.67 Å². The number of aryl methyl sites for hydroxylation is 1. The van der Waals surface area contributed by atoms with E-state index in [1.54, 1.807) is 0 Å². The van der Waals surface area contributed by atoms with Crippen molar-refractivity contribution < 1.29 is 0 Å². The van der Waals surface area contributed by atoms with Crippen LogP contribution in [-0.2, 0) is 6.54 Å². The molecular formula is C23H19N5. The molecule has 5 rings (SSSR count). The minimum absolute atomic E-state index is 0.750. The molecule has 0 saturated heterocycles. The summed E-state index contributed by atoms with van der Waals surface area (Å²) in [6.45, 7) is 2.85. The van der Waals surface area contributed by atoms with Crippen LogP contribution in [0.15, 0.2) is 85.5 Å². The Labute approximate surface area is 162 Å². The van der Waals surface area contributed by atoms with Crippen LogP contribution < -0.4 is 0 Å². The standard InChI is InChI=1S/C23H19N5/c1-17-11-23(26-22-10-6-5-9-21(17)22)28-16-20(13-25-28)19-12-24-27(15-19)14-18-7-3-2-4-8-18/h2-13,15-16H,14H2,1H3. The maximum atomic E-state index is 4.75. The van der Waals surface area contributed by atoms with E-state index in [1.165, 1.54) is 16.5 Å². The summed E-state index contributed by atoms with van der Waals surface area (Å²) >= 11 is 0. The molecule has 0 aliphatic carbocycles. The molecule has 0 bridgehead atoms. The highest BCUT2D eigenvalue weighted by molar-refractivity contribution is 5.82. The van der Waals surface area contributed by atoms with Crippen LogP contribution in [0.3, 0.4) is 0 Å². The summed E-state index contributed by atoms with van der Waals surface area (Å²) in [5, 5.41) is 10.2. The summed E-state index contributed by atoms with van der Waals surface area (Å²) in [5.41, 5.74) is 5.45. The molecule has 136 valence electrons. The van der Waals surface area contributed by atoms with Gasteiger partial charge >= 0.3 is 0 Å². The summed E-state index contributed by atoms with van der Waals surface area (Å²) in [6, 6.07) is 20.6. The average Bonchev–Trinajstić information content (AvgIpc) is 3.38. The van der Waals surface area contributed by atoms with Crippen LogP contribution in [0, 0.1) is 6.92 Å². The van der Waals surface area contributed by atoms with Crippen molar-refractivity contribution in [2.75, 3.05) is 0 Å². The Morgan fingerprint density at radius 1 is 0.821 bits per heavy atom. The lowest BCUT2D eigenvalue weighted by Gasteiger charge is -2.06. The van der Waals surface area contributed by atoms with Gasteiger partial charge in [-0.1, -0.05) is 48.5 Å². The first-order chi connectivity index (χ1) is 13.8. The topological polar surface area (TPSA) is 48.5 Å². The van der Waals surface area contributed by atoms with E-state index in [1.807, 2.05) is 70.5 Å². The Balaban J connectivity index is 1.44. The summed E-state index contributed by atoms with van der Waals surface area (Å²) < 4.78 is 3.77. The number of pyridine rings is 1. The van der Waals surface area contributed by atoms with Gasteiger partial charge in [0.15, 0.2) is 5.82 Å². The van der Waals surface area contributed by atoms with Gasteiger partial charge in [0, 0.05) is 28.9 Å². The maximum absolute atomic E-state index is 4.75. The zero-order valence-corrected chi connectivity index (χ0v) is 15.5. The Bertz CT molecular complexity index is 1250. The molecule has 3 heterocycles. The fraction of sp³-hybridized carbons (Fsp3) is 0.0870. The van der Waals surface area contributed by atoms with Crippen LogP contribution in [0.2, 0.25) is 0 Å². The average molecular weight is 365 g/mol. The molecule has 0 atom stereocenters. The molecule has 0 amide bonds. The third-order valence-corrected chi connectivity index (χ3v) is 4.88. The zero-order valence-electron chi connectivity index (χ0n) is 15.5. The zero-order chi connectivity index (χ0) is 18.9. The molecule has 5 nitrogen and oxygen atoms in total. The Kier molecular flexibility index (Phi) is 3.98. The first kappa shape index (κ1) is 16.4. The molecule has 0 spiro atoms. The Morgan fingerprint density at radius 3 is 2.46 bits per heavy atom. The molecule has 5 heteroatoms. The Hall–Kier alpha value is -3.73. The van der Waals surface area contributed by atoms with E-state index in [0.29, 0.717) is 0 Å². The number of hydrogen-bond acceptors (Lipinski definition) is 3. The van der Waals surface area contributed by atoms with E-state index in [0.717, 1.165) is 29.0 Å². The second-order valence-electron chi connectivity index (χ2n) is 6.90. The van der Waals surface area contributed by atoms with E-state index < -0.39 is 0 Å². The molecule has 0 saturated carbocycles. The first-order valence-electron chi connectivity index (χ1n) is 9.24. The molecule has 5 aromatic rings. The van der Waals surface area contributed by atoms with Gasteiger partial charge in [0.05, 0.1) is 24.5 Å². The number of hydrogen-bond donors (Lipinski definition) is 0. The molecule has 2 aromatic carbocycles. The van der Waals surface area contributed by atoms with Crippen LogP contribution in [0.5, 0.6) is 0 Å². The van der Waals surface area contributed by atoms with Gasteiger partial charge in [-0.2, -0.15) is 10.2 Å². The molecule has 28 heavy (non-hydrogen) atoms. The van der Waals surface area contributed by atoms with Crippen molar-refractivity contribution >= 4 is 10.9 Å². The Morgan fingerprint density at radius 2 is 1.57 bits per heavy atom. The summed E-state index contributed by atoms with van der Waals surface area (Å²) in [4.78, 5) is 4.75. The van der Waals surface area contributed by atoms with Gasteiger partial charge < -0.3 is 0 Å². The molecule has 0 unspecified atom stereocenters. The maximum Gasteiger partial charge on any atom is 0.154 e.